The summed E-state index contributed by atoms with van der Waals surface area (Å²) in [6, 6.07) is 15.7. The van der Waals surface area contributed by atoms with E-state index in [1.54, 1.807) is 49.4 Å². The number of nitrogens with two attached hydrogens (primary N) is 1. The van der Waals surface area contributed by atoms with Gasteiger partial charge in [0.1, 0.15) is 11.9 Å². The summed E-state index contributed by atoms with van der Waals surface area (Å²) < 4.78 is 47.7. The number of carbonyl (C=O) groups excluding carboxylic acids is 3. The Kier molecular flexibility index (Phi) is 12.7. The molecular weight excluding hydrogens is 653 g/mol. The van der Waals surface area contributed by atoms with E-state index in [0.29, 0.717) is 30.6 Å². The molecule has 3 atom stereocenters. The van der Waals surface area contributed by atoms with Gasteiger partial charge in [-0.1, -0.05) is 31.5 Å². The molecule has 0 spiro atoms. The summed E-state index contributed by atoms with van der Waals surface area (Å²) >= 11 is 0. The van der Waals surface area contributed by atoms with Gasteiger partial charge in [-0.25, -0.2) is 12.8 Å². The molecule has 3 aromatic rings. The first-order valence-corrected chi connectivity index (χ1v) is 17.6. The third-order valence-corrected chi connectivity index (χ3v) is 10.3. The average Bonchev–Trinajstić information content (AvgIpc) is 3.07. The van der Waals surface area contributed by atoms with Crippen LogP contribution in [0.4, 0.5) is 21.5 Å². The number of sulfonamides is 1. The standard InChI is InChI=1S/C35H44FN5O7S/c1-23-20-41(24(2)22-42)35(45)27-10-9-13-30(34(27)48-31(23)21-40(3)49(46,47)26-18-16-25(36)17-19-26)39-33(44)15-6-4-5-14-32(43)38-29-12-8-7-11-28(29)37/h7-13,16-19,23-24,31,42H,4-6,14-15,20-22,37H2,1-3H3,(H,38,43)(H,39,44)/t23-,24-,31+/m0/s1. The molecule has 14 heteroatoms. The number of amides is 3. The number of carbonyl (C=O) groups is 3. The molecule has 0 unspecified atom stereocenters. The highest BCUT2D eigenvalue weighted by Gasteiger charge is 2.36. The number of unbranched alkanes of at least 4 members (excludes halogenated alkanes) is 2. The fourth-order valence-electron chi connectivity index (χ4n) is 5.48. The van der Waals surface area contributed by atoms with E-state index in [1.807, 2.05) is 6.92 Å². The van der Waals surface area contributed by atoms with Crippen molar-refractivity contribution in [2.45, 2.75) is 63.0 Å². The van der Waals surface area contributed by atoms with Crippen LogP contribution in [0.25, 0.3) is 0 Å². The molecule has 0 aliphatic carbocycles. The number of ether oxygens (including phenoxy) is 1. The van der Waals surface area contributed by atoms with Crippen molar-refractivity contribution in [1.29, 1.82) is 0 Å². The van der Waals surface area contributed by atoms with Gasteiger partial charge in [0.2, 0.25) is 21.8 Å². The lowest BCUT2D eigenvalue weighted by Crippen LogP contribution is -2.50. The molecule has 12 nitrogen and oxygen atoms in total. The second-order valence-corrected chi connectivity index (χ2v) is 14.3. The van der Waals surface area contributed by atoms with Crippen LogP contribution in [0.15, 0.2) is 71.6 Å². The minimum absolute atomic E-state index is 0.0875. The summed E-state index contributed by atoms with van der Waals surface area (Å²) in [4.78, 5) is 40.5. The molecule has 0 aromatic heterocycles. The number of aliphatic hydroxyl groups excluding tert-OH is 1. The number of hydrogen-bond acceptors (Lipinski definition) is 8. The molecular formula is C35H44FN5O7S. The number of halogens is 1. The van der Waals surface area contributed by atoms with E-state index in [0.717, 1.165) is 16.4 Å². The second-order valence-electron chi connectivity index (χ2n) is 12.3. The summed E-state index contributed by atoms with van der Waals surface area (Å²) in [6.45, 7) is 3.27. The van der Waals surface area contributed by atoms with Crippen LogP contribution in [-0.2, 0) is 19.6 Å². The van der Waals surface area contributed by atoms with Gasteiger partial charge in [-0.2, -0.15) is 4.31 Å². The third kappa shape index (κ3) is 9.55. The van der Waals surface area contributed by atoms with Gasteiger partial charge in [0.15, 0.2) is 5.75 Å². The first-order chi connectivity index (χ1) is 23.3. The Labute approximate surface area is 286 Å². The van der Waals surface area contributed by atoms with Crippen LogP contribution in [0.2, 0.25) is 0 Å². The van der Waals surface area contributed by atoms with Crippen LogP contribution in [0.5, 0.6) is 5.75 Å². The van der Waals surface area contributed by atoms with Crippen molar-refractivity contribution in [3.8, 4) is 5.75 Å². The van der Waals surface area contributed by atoms with Crippen LogP contribution in [-0.4, -0.2) is 79.3 Å². The molecule has 1 aliphatic heterocycles. The number of likely N-dealkylation sites (N-methyl/N-ethyl adjacent to an activating group) is 1. The van der Waals surface area contributed by atoms with Crippen molar-refractivity contribution < 1.29 is 37.0 Å². The minimum atomic E-state index is -4.02. The molecule has 0 fully saturated rings. The first kappa shape index (κ1) is 37.3. The van der Waals surface area contributed by atoms with Crippen LogP contribution < -0.4 is 21.1 Å². The van der Waals surface area contributed by atoms with Crippen molar-refractivity contribution in [2.24, 2.45) is 5.92 Å². The summed E-state index contributed by atoms with van der Waals surface area (Å²) in [5, 5.41) is 15.6. The fourth-order valence-corrected chi connectivity index (χ4v) is 6.66. The normalized spacial score (nSPS) is 17.0. The summed E-state index contributed by atoms with van der Waals surface area (Å²) in [5.74, 6) is -1.77. The largest absolute Gasteiger partial charge is 0.486 e. The number of para-hydroxylation sites is 3. The van der Waals surface area contributed by atoms with Gasteiger partial charge in [0.05, 0.1) is 46.7 Å². The SMILES string of the molecule is C[C@H]1CN([C@@H](C)CO)C(=O)c2cccc(NC(=O)CCCCCC(=O)Nc3ccccc3N)c2O[C@@H]1CN(C)S(=O)(=O)c1ccc(F)cc1. The first-order valence-electron chi connectivity index (χ1n) is 16.2. The maximum atomic E-state index is 13.8. The minimum Gasteiger partial charge on any atom is -0.486 e. The zero-order chi connectivity index (χ0) is 35.7. The Morgan fingerprint density at radius 1 is 1.00 bits per heavy atom. The van der Waals surface area contributed by atoms with Crippen molar-refractivity contribution in [1.82, 2.24) is 9.21 Å². The number of fused-ring (bicyclic) bond motifs is 1. The number of aliphatic hydroxyl groups is 1. The van der Waals surface area contributed by atoms with E-state index >= 15 is 0 Å². The lowest BCUT2D eigenvalue weighted by atomic mass is 9.99. The molecule has 3 amide bonds. The topological polar surface area (TPSA) is 171 Å². The number of nitrogen functional groups attached to an aromatic ring is 1. The van der Waals surface area contributed by atoms with Gasteiger partial charge in [-0.15, -0.1) is 0 Å². The molecule has 1 heterocycles. The van der Waals surface area contributed by atoms with Crippen molar-refractivity contribution >= 4 is 44.8 Å². The highest BCUT2D eigenvalue weighted by Crippen LogP contribution is 2.35. The molecule has 264 valence electrons. The monoisotopic (exact) mass is 697 g/mol. The van der Waals surface area contributed by atoms with E-state index in [9.17, 15) is 32.3 Å². The van der Waals surface area contributed by atoms with Gasteiger partial charge in [-0.05, 0) is 68.3 Å². The molecule has 0 bridgehead atoms. The van der Waals surface area contributed by atoms with Gasteiger partial charge in [0, 0.05) is 32.4 Å². The highest BCUT2D eigenvalue weighted by molar-refractivity contribution is 7.89. The van der Waals surface area contributed by atoms with E-state index in [1.165, 1.54) is 24.1 Å². The van der Waals surface area contributed by atoms with Crippen LogP contribution in [0, 0.1) is 11.7 Å². The predicted molar refractivity (Wildman–Crippen MR) is 185 cm³/mol. The Bertz CT molecular complexity index is 1740. The maximum Gasteiger partial charge on any atom is 0.258 e. The third-order valence-electron chi connectivity index (χ3n) is 8.47. The van der Waals surface area contributed by atoms with Crippen LogP contribution >= 0.6 is 0 Å². The second kappa shape index (κ2) is 16.7. The Balaban J connectivity index is 1.46. The number of nitrogens with one attached hydrogen (secondary N) is 2. The van der Waals surface area contributed by atoms with Gasteiger partial charge >= 0.3 is 0 Å². The number of hydrogen-bond donors (Lipinski definition) is 4. The van der Waals surface area contributed by atoms with E-state index in [-0.39, 0.29) is 66.2 Å². The molecule has 5 N–H and O–H groups in total. The highest BCUT2D eigenvalue weighted by atomic mass is 32.2. The van der Waals surface area contributed by atoms with Gasteiger partial charge in [-0.3, -0.25) is 14.4 Å². The van der Waals surface area contributed by atoms with E-state index < -0.39 is 39.8 Å². The molecule has 3 aromatic carbocycles. The molecule has 0 saturated heterocycles. The number of benzene rings is 3. The Morgan fingerprint density at radius 2 is 1.61 bits per heavy atom. The average molecular weight is 698 g/mol. The quantitative estimate of drug-likeness (QED) is 0.141. The van der Waals surface area contributed by atoms with Crippen molar-refractivity contribution in [2.75, 3.05) is 43.1 Å². The lowest BCUT2D eigenvalue weighted by molar-refractivity contribution is -0.116. The maximum absolute atomic E-state index is 13.8. The predicted octanol–water partition coefficient (Wildman–Crippen LogP) is 4.48. The van der Waals surface area contributed by atoms with Gasteiger partial charge < -0.3 is 31.1 Å². The van der Waals surface area contributed by atoms with Crippen molar-refractivity contribution in [3.63, 3.8) is 0 Å². The number of rotatable bonds is 14. The zero-order valence-electron chi connectivity index (χ0n) is 27.9. The van der Waals surface area contributed by atoms with E-state index in [2.05, 4.69) is 10.6 Å². The Hall–Kier alpha value is -4.53. The lowest BCUT2D eigenvalue weighted by Gasteiger charge is -2.38. The summed E-state index contributed by atoms with van der Waals surface area (Å²) in [5.41, 5.74) is 7.31. The van der Waals surface area contributed by atoms with Crippen molar-refractivity contribution in [3.05, 3.63) is 78.1 Å². The fraction of sp³-hybridized carbons (Fsp3) is 0.400. The Morgan fingerprint density at radius 3 is 2.24 bits per heavy atom. The van der Waals surface area contributed by atoms with Crippen LogP contribution in [0.3, 0.4) is 0 Å². The number of anilines is 3. The van der Waals surface area contributed by atoms with Crippen LogP contribution in [0.1, 0.15) is 56.3 Å². The molecule has 1 aliphatic rings. The molecule has 0 saturated carbocycles. The van der Waals surface area contributed by atoms with Gasteiger partial charge in [0.25, 0.3) is 5.91 Å². The summed E-state index contributed by atoms with van der Waals surface area (Å²) in [7, 11) is -2.63. The smallest absolute Gasteiger partial charge is 0.258 e. The van der Waals surface area contributed by atoms with E-state index in [4.69, 9.17) is 10.5 Å². The zero-order valence-corrected chi connectivity index (χ0v) is 28.7. The summed E-state index contributed by atoms with van der Waals surface area (Å²) in [6.07, 6.45) is 1.33. The molecule has 4 rings (SSSR count). The number of nitrogens with zero attached hydrogens (tertiary/aromatic N) is 2. The molecule has 49 heavy (non-hydrogen) atoms. The molecule has 0 radical (unpaired) electrons.